The van der Waals surface area contributed by atoms with E-state index in [9.17, 15) is 0 Å². The van der Waals surface area contributed by atoms with Crippen LogP contribution in [0.5, 0.6) is 0 Å². The summed E-state index contributed by atoms with van der Waals surface area (Å²) in [5, 5.41) is 1.40. The van der Waals surface area contributed by atoms with Crippen LogP contribution in [0, 0.1) is 0 Å². The van der Waals surface area contributed by atoms with E-state index in [2.05, 4.69) is 73.6 Å². The predicted molar refractivity (Wildman–Crippen MR) is 161 cm³/mol. The van der Waals surface area contributed by atoms with E-state index in [0.717, 1.165) is 0 Å². The van der Waals surface area contributed by atoms with Crippen LogP contribution in [0.2, 0.25) is 0 Å². The van der Waals surface area contributed by atoms with E-state index in [1.165, 1.54) is 134 Å². The van der Waals surface area contributed by atoms with Crippen molar-refractivity contribution in [3.63, 3.8) is 0 Å². The number of benzene rings is 2. The maximum Gasteiger partial charge on any atom is -1.00 e. The molecule has 3 nitrogen and oxygen atoms in total. The summed E-state index contributed by atoms with van der Waals surface area (Å²) in [6.07, 6.45) is 15.5. The van der Waals surface area contributed by atoms with Crippen molar-refractivity contribution in [1.82, 2.24) is 9.56 Å². The van der Waals surface area contributed by atoms with Crippen LogP contribution in [-0.2, 0) is 0 Å². The molecule has 0 radical (unpaired) electrons. The molecule has 0 aromatic heterocycles. The number of anilines is 1. The number of hydrogen-bond acceptors (Lipinski definition) is 2. The van der Waals surface area contributed by atoms with E-state index < -0.39 is 0 Å². The maximum absolute atomic E-state index is 5.09. The van der Waals surface area contributed by atoms with Gasteiger partial charge in [0, 0.05) is 0 Å². The van der Waals surface area contributed by atoms with Gasteiger partial charge in [0.2, 0.25) is 0 Å². The van der Waals surface area contributed by atoms with Crippen molar-refractivity contribution in [3.05, 3.63) is 41.8 Å². The Morgan fingerprint density at radius 2 is 1.30 bits per heavy atom. The van der Waals surface area contributed by atoms with Gasteiger partial charge >= 0.3 is 227 Å². The van der Waals surface area contributed by atoms with E-state index in [1.807, 2.05) is 0 Å². The van der Waals surface area contributed by atoms with E-state index >= 15 is 0 Å². The van der Waals surface area contributed by atoms with Crippen LogP contribution in [0.15, 0.2) is 36.4 Å². The van der Waals surface area contributed by atoms with Gasteiger partial charge in [0.25, 0.3) is 0 Å². The molecule has 0 unspecified atom stereocenters. The molecule has 0 amide bonds. The Balaban J connectivity index is 0.00000481. The second kappa shape index (κ2) is 18.4. The summed E-state index contributed by atoms with van der Waals surface area (Å²) in [6, 6.07) is 14.1. The molecule has 0 spiro atoms. The third kappa shape index (κ3) is 10.3. The minimum absolute atomic E-state index is 0. The molecule has 3 rings (SSSR count). The summed E-state index contributed by atoms with van der Waals surface area (Å²) in [5.41, 5.74) is 3.77. The van der Waals surface area contributed by atoms with Gasteiger partial charge in [-0.2, -0.15) is 0 Å². The van der Waals surface area contributed by atoms with Crippen LogP contribution in [0.25, 0.3) is 19.9 Å². The largest absolute Gasteiger partial charge is 1.00 e. The molecular formula is C32H50IN3Se. The van der Waals surface area contributed by atoms with Crippen LogP contribution in [0.1, 0.15) is 105 Å². The average Bonchev–Trinajstić information content (AvgIpc) is 2.90. The normalized spacial score (nSPS) is 11.1. The Bertz CT molecular complexity index is 1060. The van der Waals surface area contributed by atoms with Gasteiger partial charge in [0.15, 0.2) is 0 Å². The van der Waals surface area contributed by atoms with Gasteiger partial charge in [-0.1, -0.05) is 0 Å². The van der Waals surface area contributed by atoms with E-state index in [-0.39, 0.29) is 24.0 Å². The average molecular weight is 683 g/mol. The van der Waals surface area contributed by atoms with Crippen molar-refractivity contribution in [2.24, 2.45) is 0 Å². The third-order valence-corrected chi connectivity index (χ3v) is 9.50. The van der Waals surface area contributed by atoms with Crippen LogP contribution in [0.4, 0.5) is 5.69 Å². The molecule has 206 valence electrons. The fourth-order valence-corrected chi connectivity index (χ4v) is 7.11. The van der Waals surface area contributed by atoms with Crippen LogP contribution >= 0.6 is 0 Å². The minimum atomic E-state index is 0. The zero-order valence-corrected chi connectivity index (χ0v) is 27.8. The summed E-state index contributed by atoms with van der Waals surface area (Å²) in [7, 11) is 0. The van der Waals surface area contributed by atoms with Crippen molar-refractivity contribution in [2.45, 2.75) is 105 Å². The molecular weight excluding hydrogens is 632 g/mol. The van der Waals surface area contributed by atoms with Crippen molar-refractivity contribution in [1.29, 1.82) is 0 Å². The van der Waals surface area contributed by atoms with Gasteiger partial charge in [-0.25, -0.2) is 0 Å². The van der Waals surface area contributed by atoms with Crippen molar-refractivity contribution in [3.8, 4) is 10.1 Å². The van der Waals surface area contributed by atoms with Crippen molar-refractivity contribution in [2.75, 3.05) is 31.1 Å². The molecule has 1 aliphatic heterocycles. The molecule has 2 aliphatic rings. The molecule has 0 saturated carbocycles. The predicted octanol–water partition coefficient (Wildman–Crippen LogP) is 4.74. The topological polar surface area (TPSA) is 19.1 Å². The van der Waals surface area contributed by atoms with Gasteiger partial charge in [0.1, 0.15) is 0 Å². The molecule has 0 atom stereocenters. The number of aromatic nitrogens is 1. The van der Waals surface area contributed by atoms with Gasteiger partial charge in [0.05, 0.1) is 0 Å². The Labute approximate surface area is 249 Å². The molecule has 5 heteroatoms. The molecule has 0 bridgehead atoms. The summed E-state index contributed by atoms with van der Waals surface area (Å²) in [5.74, 6) is 0. The van der Waals surface area contributed by atoms with E-state index in [1.54, 1.807) is 0 Å². The Morgan fingerprint density at radius 3 is 1.89 bits per heavy atom. The van der Waals surface area contributed by atoms with E-state index in [4.69, 9.17) is 4.98 Å². The quantitative estimate of drug-likeness (QED) is 0.0675. The van der Waals surface area contributed by atoms with Crippen LogP contribution in [0.3, 0.4) is 0 Å². The summed E-state index contributed by atoms with van der Waals surface area (Å²) >= 11 is 0.301. The number of halogens is 1. The Kier molecular flexibility index (Phi) is 16.1. The van der Waals surface area contributed by atoms with Gasteiger partial charge in [-0.05, 0) is 0 Å². The second-order valence-electron chi connectivity index (χ2n) is 10.3. The smallest absolute Gasteiger partial charge is 1.00 e. The summed E-state index contributed by atoms with van der Waals surface area (Å²) in [4.78, 5) is 7.73. The first kappa shape index (κ1) is 32.3. The van der Waals surface area contributed by atoms with Crippen molar-refractivity contribution >= 4 is 30.0 Å². The number of unbranched alkanes of at least 4 members (excludes halogenated alkanes) is 8. The second-order valence-corrected chi connectivity index (χ2v) is 12.6. The van der Waals surface area contributed by atoms with Gasteiger partial charge in [-0.15, -0.1) is 0 Å². The zero-order chi connectivity index (χ0) is 25.6. The molecule has 1 aromatic rings. The standard InChI is InChI=1S/C32H50N3Se.HI/c1-5-9-13-21-34(22-14-10-6-2)27-17-19-29-31(25-27)36-32-26-28(18-20-30(32)33-29)35(23-15-11-7-3)24-16-12-8-4;/h17-20,25-26H,5-16,21-24H2,1-4H3;1H/q+1;/p-1. The third-order valence-electron chi connectivity index (χ3n) is 7.20. The monoisotopic (exact) mass is 683 g/mol. The number of rotatable bonds is 17. The Hall–Kier alpha value is -0.911. The van der Waals surface area contributed by atoms with Crippen molar-refractivity contribution < 1.29 is 24.0 Å². The number of nitrogens with zero attached hydrogens (tertiary/aromatic N) is 3. The molecule has 1 aliphatic carbocycles. The number of fused-ring (bicyclic) bond motifs is 2. The SMILES string of the molecule is CCCCCN(CCCCC)c1ccc2nc3ccc(=[N+](CCCCC)CCCCC)cc-3[se]c2c1.[I-]. The zero-order valence-electron chi connectivity index (χ0n) is 23.9. The van der Waals surface area contributed by atoms with Gasteiger partial charge in [-0.3, -0.25) is 0 Å². The first-order valence-electron chi connectivity index (χ1n) is 14.9. The Morgan fingerprint density at radius 1 is 0.703 bits per heavy atom. The van der Waals surface area contributed by atoms with Crippen LogP contribution < -0.4 is 38.8 Å². The minimum Gasteiger partial charge on any atom is -1.00 e. The van der Waals surface area contributed by atoms with Crippen LogP contribution in [-0.4, -0.2) is 45.7 Å². The molecule has 0 saturated heterocycles. The van der Waals surface area contributed by atoms with Gasteiger partial charge < -0.3 is 24.0 Å². The fraction of sp³-hybridized carbons (Fsp3) is 0.625. The molecule has 1 heterocycles. The first-order valence-corrected chi connectivity index (χ1v) is 16.6. The first-order chi connectivity index (χ1) is 17.7. The molecule has 37 heavy (non-hydrogen) atoms. The summed E-state index contributed by atoms with van der Waals surface area (Å²) < 4.78 is 5.53. The number of hydrogen-bond donors (Lipinski definition) is 0. The molecule has 0 fully saturated rings. The van der Waals surface area contributed by atoms with E-state index in [0.29, 0.717) is 14.5 Å². The molecule has 0 N–H and O–H groups in total. The molecule has 1 aromatic carbocycles. The fourth-order valence-electron chi connectivity index (χ4n) is 4.95. The summed E-state index contributed by atoms with van der Waals surface area (Å²) in [6.45, 7) is 13.9. The maximum atomic E-state index is 5.09.